The lowest BCUT2D eigenvalue weighted by Gasteiger charge is -2.31. The molecule has 0 aliphatic heterocycles. The molecule has 0 radical (unpaired) electrons. The summed E-state index contributed by atoms with van der Waals surface area (Å²) in [5.74, 6) is 0. The standard InChI is InChI=1S/C54H33NOS/c1-2-13-36-32-37(25-24-34(36)12-1)52-46-18-5-3-14-41(46)42-15-4-6-19-47(42)53(52)55(39-30-31-45-44-17-8-10-23-50(44)57-51(45)33-39)38-28-26-35(27-29-38)40-20-11-21-48-43-16-7-9-22-49(43)56-54(40)48/h1-33H. The van der Waals surface area contributed by atoms with Crippen molar-refractivity contribution in [3.63, 3.8) is 0 Å². The van der Waals surface area contributed by atoms with Gasteiger partial charge in [0.05, 0.1) is 5.69 Å². The molecular weight excluding hydrogens is 711 g/mol. The summed E-state index contributed by atoms with van der Waals surface area (Å²) in [6.45, 7) is 0. The largest absolute Gasteiger partial charge is 0.455 e. The molecule has 0 saturated carbocycles. The molecule has 2 heterocycles. The van der Waals surface area contributed by atoms with Gasteiger partial charge in [-0.25, -0.2) is 0 Å². The van der Waals surface area contributed by atoms with Crippen LogP contribution in [0.25, 0.3) is 96.7 Å². The van der Waals surface area contributed by atoms with Crippen molar-refractivity contribution < 1.29 is 4.42 Å². The molecule has 12 rings (SSSR count). The van der Waals surface area contributed by atoms with E-state index < -0.39 is 0 Å². The second-order valence-electron chi connectivity index (χ2n) is 14.8. The average Bonchev–Trinajstić information content (AvgIpc) is 3.85. The third-order valence-electron chi connectivity index (χ3n) is 11.6. The Morgan fingerprint density at radius 2 is 0.982 bits per heavy atom. The molecule has 10 aromatic carbocycles. The number of rotatable bonds is 5. The summed E-state index contributed by atoms with van der Waals surface area (Å²) in [6, 6.07) is 72.9. The topological polar surface area (TPSA) is 16.4 Å². The minimum atomic E-state index is 0.906. The third kappa shape index (κ3) is 5.03. The van der Waals surface area contributed by atoms with Crippen LogP contribution in [0, 0.1) is 0 Å². The van der Waals surface area contributed by atoms with Crippen molar-refractivity contribution in [2.75, 3.05) is 4.90 Å². The maximum absolute atomic E-state index is 6.50. The van der Waals surface area contributed by atoms with Crippen molar-refractivity contribution in [2.24, 2.45) is 0 Å². The number of thiophene rings is 1. The van der Waals surface area contributed by atoms with Gasteiger partial charge in [-0.15, -0.1) is 11.3 Å². The first-order valence-electron chi connectivity index (χ1n) is 19.4. The zero-order chi connectivity index (χ0) is 37.5. The van der Waals surface area contributed by atoms with Crippen LogP contribution in [0.15, 0.2) is 205 Å². The number of hydrogen-bond acceptors (Lipinski definition) is 3. The molecule has 0 aliphatic carbocycles. The summed E-state index contributed by atoms with van der Waals surface area (Å²) in [6.07, 6.45) is 0. The average molecular weight is 744 g/mol. The molecular formula is C54H33NOS. The molecule has 0 atom stereocenters. The fraction of sp³-hybridized carbons (Fsp3) is 0. The first-order valence-corrected chi connectivity index (χ1v) is 20.2. The highest BCUT2D eigenvalue weighted by molar-refractivity contribution is 7.25. The van der Waals surface area contributed by atoms with E-state index in [0.29, 0.717) is 0 Å². The highest BCUT2D eigenvalue weighted by Crippen LogP contribution is 2.51. The van der Waals surface area contributed by atoms with Crippen molar-refractivity contribution in [2.45, 2.75) is 0 Å². The highest BCUT2D eigenvalue weighted by Gasteiger charge is 2.25. The van der Waals surface area contributed by atoms with E-state index >= 15 is 0 Å². The predicted molar refractivity (Wildman–Crippen MR) is 245 cm³/mol. The maximum atomic E-state index is 6.50. The van der Waals surface area contributed by atoms with Gasteiger partial charge in [-0.3, -0.25) is 0 Å². The summed E-state index contributed by atoms with van der Waals surface area (Å²) in [7, 11) is 0. The Labute approximate surface area is 333 Å². The zero-order valence-electron chi connectivity index (χ0n) is 30.8. The van der Waals surface area contributed by atoms with Crippen LogP contribution < -0.4 is 4.90 Å². The fourth-order valence-corrected chi connectivity index (χ4v) is 10.2. The van der Waals surface area contributed by atoms with E-state index in [1.54, 1.807) is 0 Å². The Bertz CT molecular complexity index is 3540. The molecule has 0 spiro atoms. The number of hydrogen-bond donors (Lipinski definition) is 0. The normalized spacial score (nSPS) is 11.9. The van der Waals surface area contributed by atoms with Crippen LogP contribution >= 0.6 is 11.3 Å². The quantitative estimate of drug-likeness (QED) is 0.163. The number of benzene rings is 10. The lowest BCUT2D eigenvalue weighted by molar-refractivity contribution is 0.670. The molecule has 266 valence electrons. The van der Waals surface area contributed by atoms with Crippen molar-refractivity contribution in [3.8, 4) is 22.3 Å². The summed E-state index contributed by atoms with van der Waals surface area (Å²) in [4.78, 5) is 2.49. The van der Waals surface area contributed by atoms with Crippen molar-refractivity contribution in [3.05, 3.63) is 200 Å². The van der Waals surface area contributed by atoms with E-state index in [2.05, 4.69) is 199 Å². The molecule has 2 nitrogen and oxygen atoms in total. The van der Waals surface area contributed by atoms with Gasteiger partial charge in [0.15, 0.2) is 0 Å². The first-order chi connectivity index (χ1) is 28.3. The lowest BCUT2D eigenvalue weighted by atomic mass is 9.89. The van der Waals surface area contributed by atoms with E-state index in [0.717, 1.165) is 50.1 Å². The number of para-hydroxylation sites is 2. The first kappa shape index (κ1) is 32.1. The van der Waals surface area contributed by atoms with Crippen LogP contribution in [-0.2, 0) is 0 Å². The van der Waals surface area contributed by atoms with E-state index in [9.17, 15) is 0 Å². The van der Waals surface area contributed by atoms with E-state index in [1.165, 1.54) is 63.6 Å². The van der Waals surface area contributed by atoms with E-state index in [4.69, 9.17) is 4.42 Å². The molecule has 0 amide bonds. The summed E-state index contributed by atoms with van der Waals surface area (Å²) in [5, 5.41) is 12.2. The predicted octanol–water partition coefficient (Wildman–Crippen LogP) is 16.2. The molecule has 0 bridgehead atoms. The third-order valence-corrected chi connectivity index (χ3v) is 12.8. The molecule has 0 aliphatic rings. The zero-order valence-corrected chi connectivity index (χ0v) is 31.6. The Morgan fingerprint density at radius 1 is 0.368 bits per heavy atom. The van der Waals surface area contributed by atoms with Crippen LogP contribution in [0.4, 0.5) is 17.1 Å². The van der Waals surface area contributed by atoms with Gasteiger partial charge in [0.1, 0.15) is 11.2 Å². The van der Waals surface area contributed by atoms with Gasteiger partial charge in [-0.05, 0) is 80.5 Å². The van der Waals surface area contributed by atoms with Crippen LogP contribution in [0.1, 0.15) is 0 Å². The summed E-state index contributed by atoms with van der Waals surface area (Å²) >= 11 is 1.86. The van der Waals surface area contributed by atoms with Crippen LogP contribution in [0.5, 0.6) is 0 Å². The second kappa shape index (κ2) is 12.7. The molecule has 0 N–H and O–H groups in total. The number of furan rings is 1. The molecule has 12 aromatic rings. The van der Waals surface area contributed by atoms with Gasteiger partial charge < -0.3 is 9.32 Å². The van der Waals surface area contributed by atoms with Crippen molar-refractivity contribution >= 4 is 103 Å². The molecule has 0 unspecified atom stereocenters. The number of anilines is 3. The fourth-order valence-electron chi connectivity index (χ4n) is 9.02. The highest BCUT2D eigenvalue weighted by atomic mass is 32.1. The Morgan fingerprint density at radius 3 is 1.82 bits per heavy atom. The minimum Gasteiger partial charge on any atom is -0.455 e. The van der Waals surface area contributed by atoms with Crippen LogP contribution in [0.3, 0.4) is 0 Å². The Kier molecular flexibility index (Phi) is 7.13. The molecule has 57 heavy (non-hydrogen) atoms. The van der Waals surface area contributed by atoms with Crippen molar-refractivity contribution in [1.29, 1.82) is 0 Å². The van der Waals surface area contributed by atoms with Crippen LogP contribution in [-0.4, -0.2) is 0 Å². The van der Waals surface area contributed by atoms with Crippen LogP contribution in [0.2, 0.25) is 0 Å². The van der Waals surface area contributed by atoms with Gasteiger partial charge in [-0.1, -0.05) is 158 Å². The Hall–Kier alpha value is -7.20. The SMILES string of the molecule is c1ccc2cc(-c3c(N(c4ccc(-c5cccc6c5oc5ccccc56)cc4)c4ccc5c(c4)sc4ccccc45)c4ccccc4c4ccccc34)ccc2c1. The molecule has 2 aromatic heterocycles. The monoisotopic (exact) mass is 743 g/mol. The number of fused-ring (bicyclic) bond motifs is 10. The second-order valence-corrected chi connectivity index (χ2v) is 15.9. The lowest BCUT2D eigenvalue weighted by Crippen LogP contribution is -2.12. The minimum absolute atomic E-state index is 0.906. The molecule has 3 heteroatoms. The molecule has 0 fully saturated rings. The van der Waals surface area contributed by atoms with Gasteiger partial charge in [0.2, 0.25) is 0 Å². The van der Waals surface area contributed by atoms with Gasteiger partial charge in [0.25, 0.3) is 0 Å². The Balaban J connectivity index is 1.15. The smallest absolute Gasteiger partial charge is 0.143 e. The van der Waals surface area contributed by atoms with Gasteiger partial charge in [0, 0.05) is 58.8 Å². The maximum Gasteiger partial charge on any atom is 0.143 e. The summed E-state index contributed by atoms with van der Waals surface area (Å²) < 4.78 is 9.06. The van der Waals surface area contributed by atoms with E-state index in [1.807, 2.05) is 17.4 Å². The van der Waals surface area contributed by atoms with Crippen molar-refractivity contribution in [1.82, 2.24) is 0 Å². The van der Waals surface area contributed by atoms with E-state index in [-0.39, 0.29) is 0 Å². The van der Waals surface area contributed by atoms with Gasteiger partial charge >= 0.3 is 0 Å². The molecule has 0 saturated heterocycles. The van der Waals surface area contributed by atoms with Gasteiger partial charge in [-0.2, -0.15) is 0 Å². The summed E-state index contributed by atoms with van der Waals surface area (Å²) in [5.41, 5.74) is 9.77. The number of nitrogens with zero attached hydrogens (tertiary/aromatic N) is 1.